The smallest absolute Gasteiger partial charge is 0.246 e. The lowest BCUT2D eigenvalue weighted by Crippen LogP contribution is -2.30. The normalized spacial score (nSPS) is 10.6. The number of likely N-dealkylation sites (N-methyl/N-ethyl adjacent to an activating group) is 1. The average molecular weight is 381 g/mol. The number of rotatable bonds is 7. The first-order valence-corrected chi connectivity index (χ1v) is 8.80. The lowest BCUT2D eigenvalue weighted by molar-refractivity contribution is -0.131. The summed E-state index contributed by atoms with van der Waals surface area (Å²) >= 11 is 0. The summed E-state index contributed by atoms with van der Waals surface area (Å²) in [5.41, 5.74) is 2.89. The maximum Gasteiger partial charge on any atom is 0.246 e. The maximum absolute atomic E-state index is 12.5. The van der Waals surface area contributed by atoms with Crippen LogP contribution in [0.1, 0.15) is 11.1 Å². The van der Waals surface area contributed by atoms with Gasteiger partial charge in [-0.2, -0.15) is 4.80 Å². The largest absolute Gasteiger partial charge is 0.493 e. The van der Waals surface area contributed by atoms with Crippen LogP contribution in [-0.2, 0) is 17.9 Å². The minimum atomic E-state index is -0.122. The number of aryl methyl sites for hydroxylation is 1. The minimum absolute atomic E-state index is 0.0165. The minimum Gasteiger partial charge on any atom is -0.493 e. The number of tetrazole rings is 1. The van der Waals surface area contributed by atoms with Crippen molar-refractivity contribution in [1.29, 1.82) is 0 Å². The molecule has 28 heavy (non-hydrogen) atoms. The quantitative estimate of drug-likeness (QED) is 0.625. The van der Waals surface area contributed by atoms with Gasteiger partial charge in [0.15, 0.2) is 11.5 Å². The number of hydrogen-bond donors (Lipinski definition) is 0. The van der Waals surface area contributed by atoms with Crippen molar-refractivity contribution >= 4 is 5.91 Å². The second-order valence-corrected chi connectivity index (χ2v) is 6.40. The fourth-order valence-electron chi connectivity index (χ4n) is 2.82. The molecule has 8 nitrogen and oxygen atoms in total. The Hall–Kier alpha value is -3.42. The van der Waals surface area contributed by atoms with Gasteiger partial charge >= 0.3 is 0 Å². The van der Waals surface area contributed by atoms with Crippen LogP contribution in [0.15, 0.2) is 42.5 Å². The first-order valence-electron chi connectivity index (χ1n) is 8.80. The molecule has 8 heteroatoms. The van der Waals surface area contributed by atoms with E-state index < -0.39 is 0 Å². The van der Waals surface area contributed by atoms with E-state index in [2.05, 4.69) is 15.4 Å². The Balaban J connectivity index is 1.66. The van der Waals surface area contributed by atoms with E-state index >= 15 is 0 Å². The molecule has 0 radical (unpaired) electrons. The molecule has 1 heterocycles. The molecule has 0 spiro atoms. The molecular formula is C20H23N5O3. The van der Waals surface area contributed by atoms with Gasteiger partial charge in [-0.3, -0.25) is 4.79 Å². The molecule has 1 amide bonds. The third kappa shape index (κ3) is 4.28. The molecule has 146 valence electrons. The van der Waals surface area contributed by atoms with Crippen molar-refractivity contribution in [3.63, 3.8) is 0 Å². The predicted octanol–water partition coefficient (Wildman–Crippen LogP) is 2.32. The van der Waals surface area contributed by atoms with E-state index in [1.165, 1.54) is 4.80 Å². The van der Waals surface area contributed by atoms with Crippen LogP contribution in [0.2, 0.25) is 0 Å². The summed E-state index contributed by atoms with van der Waals surface area (Å²) in [7, 11) is 4.90. The number of hydrogen-bond acceptors (Lipinski definition) is 6. The summed E-state index contributed by atoms with van der Waals surface area (Å²) in [6.45, 7) is 2.43. The Morgan fingerprint density at radius 1 is 1.11 bits per heavy atom. The Kier molecular flexibility index (Phi) is 5.88. The molecule has 0 bridgehead atoms. The summed E-state index contributed by atoms with van der Waals surface area (Å²) in [5, 5.41) is 12.4. The number of amides is 1. The molecule has 0 saturated heterocycles. The maximum atomic E-state index is 12.5. The van der Waals surface area contributed by atoms with Gasteiger partial charge in [0.2, 0.25) is 11.7 Å². The predicted molar refractivity (Wildman–Crippen MR) is 104 cm³/mol. The molecule has 0 unspecified atom stereocenters. The second kappa shape index (κ2) is 8.51. The van der Waals surface area contributed by atoms with Gasteiger partial charge in [-0.1, -0.05) is 30.3 Å². The highest BCUT2D eigenvalue weighted by Gasteiger charge is 2.15. The number of carbonyl (C=O) groups is 1. The lowest BCUT2D eigenvalue weighted by Gasteiger charge is -2.18. The molecule has 0 aliphatic rings. The van der Waals surface area contributed by atoms with E-state index in [1.807, 2.05) is 49.4 Å². The van der Waals surface area contributed by atoms with Crippen molar-refractivity contribution in [3.05, 3.63) is 53.6 Å². The standard InChI is InChI=1S/C20H23N5O3/c1-14-7-5-6-8-16(14)20-21-23-25(22-20)13-19(26)24(2)12-15-9-10-17(27-3)18(11-15)28-4/h5-11H,12-13H2,1-4H3. The topological polar surface area (TPSA) is 82.4 Å². The third-order valence-corrected chi connectivity index (χ3v) is 4.41. The van der Waals surface area contributed by atoms with Crippen LogP contribution >= 0.6 is 0 Å². The molecular weight excluding hydrogens is 358 g/mol. The Morgan fingerprint density at radius 2 is 1.86 bits per heavy atom. The van der Waals surface area contributed by atoms with Gasteiger partial charge in [0, 0.05) is 19.2 Å². The molecule has 2 aromatic carbocycles. The summed E-state index contributed by atoms with van der Waals surface area (Å²) < 4.78 is 10.5. The van der Waals surface area contributed by atoms with Gasteiger partial charge in [0.1, 0.15) is 6.54 Å². The number of carbonyl (C=O) groups excluding carboxylic acids is 1. The van der Waals surface area contributed by atoms with E-state index in [-0.39, 0.29) is 12.5 Å². The van der Waals surface area contributed by atoms with Crippen molar-refractivity contribution in [2.75, 3.05) is 21.3 Å². The van der Waals surface area contributed by atoms with E-state index in [4.69, 9.17) is 9.47 Å². The van der Waals surface area contributed by atoms with E-state index in [0.717, 1.165) is 16.7 Å². The summed E-state index contributed by atoms with van der Waals surface area (Å²) in [5.74, 6) is 1.66. The molecule has 0 atom stereocenters. The van der Waals surface area contributed by atoms with Crippen LogP contribution in [0.5, 0.6) is 11.5 Å². The van der Waals surface area contributed by atoms with Gasteiger partial charge in [0.05, 0.1) is 14.2 Å². The van der Waals surface area contributed by atoms with Crippen LogP contribution in [0, 0.1) is 6.92 Å². The molecule has 0 aliphatic carbocycles. The lowest BCUT2D eigenvalue weighted by atomic mass is 10.1. The van der Waals surface area contributed by atoms with Crippen molar-refractivity contribution in [2.24, 2.45) is 0 Å². The van der Waals surface area contributed by atoms with Gasteiger partial charge in [-0.05, 0) is 35.4 Å². The van der Waals surface area contributed by atoms with Gasteiger partial charge in [-0.25, -0.2) is 0 Å². The monoisotopic (exact) mass is 381 g/mol. The molecule has 3 rings (SSSR count). The molecule has 3 aromatic rings. The first-order chi connectivity index (χ1) is 13.5. The van der Waals surface area contributed by atoms with Crippen LogP contribution in [-0.4, -0.2) is 52.3 Å². The second-order valence-electron chi connectivity index (χ2n) is 6.40. The Morgan fingerprint density at radius 3 is 2.57 bits per heavy atom. The fourth-order valence-corrected chi connectivity index (χ4v) is 2.82. The van der Waals surface area contributed by atoms with E-state index in [0.29, 0.717) is 23.9 Å². The van der Waals surface area contributed by atoms with E-state index in [1.54, 1.807) is 26.2 Å². The number of aromatic nitrogens is 4. The summed E-state index contributed by atoms with van der Waals surface area (Å²) in [6, 6.07) is 13.4. The van der Waals surface area contributed by atoms with Crippen molar-refractivity contribution < 1.29 is 14.3 Å². The fraction of sp³-hybridized carbons (Fsp3) is 0.300. The molecule has 0 fully saturated rings. The highest BCUT2D eigenvalue weighted by molar-refractivity contribution is 5.75. The van der Waals surface area contributed by atoms with Crippen LogP contribution < -0.4 is 9.47 Å². The molecule has 0 N–H and O–H groups in total. The molecule has 0 saturated carbocycles. The van der Waals surface area contributed by atoms with Crippen molar-refractivity contribution in [3.8, 4) is 22.9 Å². The van der Waals surface area contributed by atoms with Gasteiger partial charge < -0.3 is 14.4 Å². The number of benzene rings is 2. The zero-order valence-electron chi connectivity index (χ0n) is 16.4. The molecule has 0 aliphatic heterocycles. The van der Waals surface area contributed by atoms with Gasteiger partial charge in [-0.15, -0.1) is 10.2 Å². The van der Waals surface area contributed by atoms with Crippen molar-refractivity contribution in [2.45, 2.75) is 20.0 Å². The highest BCUT2D eigenvalue weighted by Crippen LogP contribution is 2.28. The number of nitrogens with zero attached hydrogens (tertiary/aromatic N) is 5. The van der Waals surface area contributed by atoms with Gasteiger partial charge in [0.25, 0.3) is 0 Å². The molecule has 1 aromatic heterocycles. The van der Waals surface area contributed by atoms with Crippen LogP contribution in [0.4, 0.5) is 0 Å². The number of ether oxygens (including phenoxy) is 2. The first kappa shape index (κ1) is 19.3. The van der Waals surface area contributed by atoms with Crippen LogP contribution in [0.3, 0.4) is 0 Å². The Labute approximate surface area is 163 Å². The van der Waals surface area contributed by atoms with Crippen molar-refractivity contribution in [1.82, 2.24) is 25.1 Å². The average Bonchev–Trinajstić information content (AvgIpc) is 3.16. The highest BCUT2D eigenvalue weighted by atomic mass is 16.5. The Bertz CT molecular complexity index is 970. The zero-order valence-corrected chi connectivity index (χ0v) is 16.4. The SMILES string of the molecule is COc1ccc(CN(C)C(=O)Cn2nnc(-c3ccccc3C)n2)cc1OC. The summed E-state index contributed by atoms with van der Waals surface area (Å²) in [4.78, 5) is 15.5. The van der Waals surface area contributed by atoms with E-state index in [9.17, 15) is 4.79 Å². The third-order valence-electron chi connectivity index (χ3n) is 4.41. The van der Waals surface area contributed by atoms with Crippen LogP contribution in [0.25, 0.3) is 11.4 Å². The summed E-state index contributed by atoms with van der Waals surface area (Å²) in [6.07, 6.45) is 0. The zero-order chi connectivity index (χ0) is 20.1. The number of methoxy groups -OCH3 is 2.